The number of nitrogens with zero attached hydrogens (tertiary/aromatic N) is 1. The molecular formula is C16H22N2O6. The Morgan fingerprint density at radius 1 is 1.33 bits per heavy atom. The molecule has 0 spiro atoms. The molecule has 0 fully saturated rings. The zero-order chi connectivity index (χ0) is 18.1. The summed E-state index contributed by atoms with van der Waals surface area (Å²) in [6.45, 7) is 5.95. The second-order valence-corrected chi connectivity index (χ2v) is 5.46. The van der Waals surface area contributed by atoms with Crippen LogP contribution < -0.4 is 5.32 Å². The third-order valence-corrected chi connectivity index (χ3v) is 3.06. The van der Waals surface area contributed by atoms with Gasteiger partial charge in [-0.3, -0.25) is 14.9 Å². The van der Waals surface area contributed by atoms with Gasteiger partial charge in [0.05, 0.1) is 16.6 Å². The number of rotatable bonds is 9. The second kappa shape index (κ2) is 9.61. The Hall–Kier alpha value is -2.48. The van der Waals surface area contributed by atoms with Crippen LogP contribution >= 0.6 is 0 Å². The number of amides is 1. The van der Waals surface area contributed by atoms with Crippen LogP contribution in [0.15, 0.2) is 18.2 Å². The number of nitro groups is 1. The number of hydrogen-bond donors (Lipinski definition) is 1. The van der Waals surface area contributed by atoms with Crippen LogP contribution in [0.2, 0.25) is 0 Å². The summed E-state index contributed by atoms with van der Waals surface area (Å²) < 4.78 is 10.2. The van der Waals surface area contributed by atoms with E-state index in [1.165, 1.54) is 25.1 Å². The van der Waals surface area contributed by atoms with Gasteiger partial charge in [-0.25, -0.2) is 4.79 Å². The first kappa shape index (κ1) is 19.6. The fourth-order valence-electron chi connectivity index (χ4n) is 1.87. The summed E-state index contributed by atoms with van der Waals surface area (Å²) >= 11 is 0. The summed E-state index contributed by atoms with van der Waals surface area (Å²) in [5.74, 6) is -1.11. The molecule has 1 aromatic rings. The third-order valence-electron chi connectivity index (χ3n) is 3.06. The highest BCUT2D eigenvalue weighted by Gasteiger charge is 2.15. The van der Waals surface area contributed by atoms with Gasteiger partial charge in [-0.15, -0.1) is 0 Å². The molecule has 132 valence electrons. The van der Waals surface area contributed by atoms with Crippen molar-refractivity contribution in [2.24, 2.45) is 0 Å². The molecular weight excluding hydrogens is 316 g/mol. The minimum absolute atomic E-state index is 0.0760. The first-order chi connectivity index (χ1) is 11.3. The highest BCUT2D eigenvalue weighted by molar-refractivity contribution is 5.91. The molecule has 0 radical (unpaired) electrons. The van der Waals surface area contributed by atoms with Gasteiger partial charge in [-0.05, 0) is 39.3 Å². The number of hydrogen-bond acceptors (Lipinski definition) is 6. The highest BCUT2D eigenvalue weighted by atomic mass is 16.6. The molecule has 8 heteroatoms. The number of aryl methyl sites for hydroxylation is 1. The van der Waals surface area contributed by atoms with Crippen LogP contribution in [-0.2, 0) is 14.3 Å². The quantitative estimate of drug-likeness (QED) is 0.319. The fraction of sp³-hybridized carbons (Fsp3) is 0.500. The Bertz CT molecular complexity index is 600. The zero-order valence-corrected chi connectivity index (χ0v) is 14.0. The largest absolute Gasteiger partial charge is 0.452 e. The van der Waals surface area contributed by atoms with Crippen molar-refractivity contribution in [3.63, 3.8) is 0 Å². The van der Waals surface area contributed by atoms with Crippen molar-refractivity contribution in [2.45, 2.75) is 33.3 Å². The smallest absolute Gasteiger partial charge is 0.338 e. The topological polar surface area (TPSA) is 108 Å². The van der Waals surface area contributed by atoms with E-state index in [9.17, 15) is 19.7 Å². The molecule has 0 aromatic heterocycles. The maximum Gasteiger partial charge on any atom is 0.338 e. The molecule has 0 aliphatic carbocycles. The average molecular weight is 338 g/mol. The normalized spacial score (nSPS) is 10.5. The maximum absolute atomic E-state index is 11.8. The SMILES string of the molecule is Cc1cc(C(=O)OCC(=O)NCCCOC(C)C)ccc1[N+](=O)[O-]. The van der Waals surface area contributed by atoms with Gasteiger partial charge in [0.2, 0.25) is 0 Å². The average Bonchev–Trinajstić information content (AvgIpc) is 2.51. The van der Waals surface area contributed by atoms with E-state index in [2.05, 4.69) is 5.32 Å². The highest BCUT2D eigenvalue weighted by Crippen LogP contribution is 2.19. The summed E-state index contributed by atoms with van der Waals surface area (Å²) in [7, 11) is 0. The van der Waals surface area contributed by atoms with Gasteiger partial charge >= 0.3 is 5.97 Å². The Morgan fingerprint density at radius 2 is 2.04 bits per heavy atom. The van der Waals surface area contributed by atoms with Crippen LogP contribution in [-0.4, -0.2) is 42.7 Å². The Morgan fingerprint density at radius 3 is 2.62 bits per heavy atom. The molecule has 1 aromatic carbocycles. The molecule has 1 N–H and O–H groups in total. The molecule has 0 saturated heterocycles. The number of nitro benzene ring substituents is 1. The molecule has 24 heavy (non-hydrogen) atoms. The first-order valence-corrected chi connectivity index (χ1v) is 7.61. The third kappa shape index (κ3) is 6.74. The van der Waals surface area contributed by atoms with Crippen LogP contribution in [0.25, 0.3) is 0 Å². The minimum Gasteiger partial charge on any atom is -0.452 e. The molecule has 0 unspecified atom stereocenters. The summed E-state index contributed by atoms with van der Waals surface area (Å²) in [6, 6.07) is 3.90. The summed E-state index contributed by atoms with van der Waals surface area (Å²) in [5.41, 5.74) is 0.438. The van der Waals surface area contributed by atoms with Gasteiger partial charge in [0.1, 0.15) is 0 Å². The van der Waals surface area contributed by atoms with E-state index < -0.39 is 23.4 Å². The predicted molar refractivity (Wildman–Crippen MR) is 86.8 cm³/mol. The van der Waals surface area contributed by atoms with Gasteiger partial charge in [-0.1, -0.05) is 0 Å². The van der Waals surface area contributed by atoms with Crippen molar-refractivity contribution < 1.29 is 24.0 Å². The summed E-state index contributed by atoms with van der Waals surface area (Å²) in [5, 5.41) is 13.3. The van der Waals surface area contributed by atoms with Gasteiger partial charge in [0.25, 0.3) is 11.6 Å². The molecule has 0 aliphatic heterocycles. The lowest BCUT2D eigenvalue weighted by molar-refractivity contribution is -0.385. The number of carbonyl (C=O) groups excluding carboxylic acids is 2. The number of ether oxygens (including phenoxy) is 2. The van der Waals surface area contributed by atoms with Crippen LogP contribution in [0, 0.1) is 17.0 Å². The molecule has 0 aliphatic rings. The van der Waals surface area contributed by atoms with Crippen LogP contribution in [0.1, 0.15) is 36.2 Å². The van der Waals surface area contributed by atoms with E-state index in [0.29, 0.717) is 25.1 Å². The molecule has 0 atom stereocenters. The minimum atomic E-state index is -0.703. The van der Waals surface area contributed by atoms with Gasteiger partial charge in [0.15, 0.2) is 6.61 Å². The maximum atomic E-state index is 11.8. The molecule has 0 bridgehead atoms. The monoisotopic (exact) mass is 338 g/mol. The Kier molecular flexibility index (Phi) is 7.84. The zero-order valence-electron chi connectivity index (χ0n) is 14.0. The van der Waals surface area contributed by atoms with Crippen molar-refractivity contribution in [2.75, 3.05) is 19.8 Å². The van der Waals surface area contributed by atoms with E-state index in [-0.39, 0.29) is 17.4 Å². The van der Waals surface area contributed by atoms with Crippen molar-refractivity contribution in [3.8, 4) is 0 Å². The number of nitrogens with one attached hydrogen (secondary N) is 1. The van der Waals surface area contributed by atoms with E-state index in [1.54, 1.807) is 0 Å². The van der Waals surface area contributed by atoms with E-state index >= 15 is 0 Å². The summed E-state index contributed by atoms with van der Waals surface area (Å²) in [6.07, 6.45) is 0.811. The van der Waals surface area contributed by atoms with Crippen LogP contribution in [0.5, 0.6) is 0 Å². The van der Waals surface area contributed by atoms with Crippen molar-refractivity contribution in [1.82, 2.24) is 5.32 Å². The first-order valence-electron chi connectivity index (χ1n) is 7.61. The lowest BCUT2D eigenvalue weighted by Gasteiger charge is -2.09. The Labute approximate surface area is 140 Å². The lowest BCUT2D eigenvalue weighted by Crippen LogP contribution is -2.30. The van der Waals surface area contributed by atoms with E-state index in [0.717, 1.165) is 0 Å². The molecule has 0 heterocycles. The molecule has 8 nitrogen and oxygen atoms in total. The fourth-order valence-corrected chi connectivity index (χ4v) is 1.87. The molecule has 1 rings (SSSR count). The van der Waals surface area contributed by atoms with Gasteiger partial charge in [-0.2, -0.15) is 0 Å². The van der Waals surface area contributed by atoms with Crippen LogP contribution in [0.4, 0.5) is 5.69 Å². The molecule has 1 amide bonds. The van der Waals surface area contributed by atoms with Gasteiger partial charge < -0.3 is 14.8 Å². The number of benzene rings is 1. The summed E-state index contributed by atoms with van der Waals surface area (Å²) in [4.78, 5) is 33.6. The predicted octanol–water partition coefficient (Wildman–Crippen LogP) is 1.99. The van der Waals surface area contributed by atoms with E-state index in [1.807, 2.05) is 13.8 Å². The standard InChI is InChI=1S/C16H22N2O6/c1-11(2)23-8-4-7-17-15(19)10-24-16(20)13-5-6-14(18(21)22)12(3)9-13/h5-6,9,11H,4,7-8,10H2,1-3H3,(H,17,19). The lowest BCUT2D eigenvalue weighted by atomic mass is 10.1. The van der Waals surface area contributed by atoms with E-state index in [4.69, 9.17) is 9.47 Å². The van der Waals surface area contributed by atoms with Crippen molar-refractivity contribution in [1.29, 1.82) is 0 Å². The van der Waals surface area contributed by atoms with Crippen molar-refractivity contribution in [3.05, 3.63) is 39.4 Å². The molecule has 0 saturated carbocycles. The van der Waals surface area contributed by atoms with Crippen molar-refractivity contribution >= 4 is 17.6 Å². The Balaban J connectivity index is 2.36. The number of carbonyl (C=O) groups is 2. The second-order valence-electron chi connectivity index (χ2n) is 5.46. The number of esters is 1. The van der Waals surface area contributed by atoms with Gasteiger partial charge in [0, 0.05) is 24.8 Å². The van der Waals surface area contributed by atoms with Crippen LogP contribution in [0.3, 0.4) is 0 Å².